The van der Waals surface area contributed by atoms with E-state index in [1.165, 1.54) is 89.0 Å². The number of unbranched alkanes of at least 4 members (excludes halogenated alkanes) is 13. The summed E-state index contributed by atoms with van der Waals surface area (Å²) in [4.78, 5) is 11.8. The van der Waals surface area contributed by atoms with E-state index in [9.17, 15) is 9.36 Å². The lowest BCUT2D eigenvalue weighted by molar-refractivity contribution is -0.0130. The molecule has 0 bridgehead atoms. The van der Waals surface area contributed by atoms with Crippen molar-refractivity contribution in [2.75, 3.05) is 32.8 Å². The van der Waals surface area contributed by atoms with E-state index in [4.69, 9.17) is 23.3 Å². The van der Waals surface area contributed by atoms with E-state index in [0.29, 0.717) is 26.2 Å². The van der Waals surface area contributed by atoms with Gasteiger partial charge in [0.05, 0.1) is 31.6 Å². The van der Waals surface area contributed by atoms with Crippen LogP contribution in [0.3, 0.4) is 0 Å². The number of aromatic nitrogens is 3. The molecule has 2 aromatic rings. The third-order valence-corrected chi connectivity index (χ3v) is 10.2. The first-order valence-electron chi connectivity index (χ1n) is 19.7. The van der Waals surface area contributed by atoms with Crippen LogP contribution in [-0.2, 0) is 40.8 Å². The molecule has 0 radical (unpaired) electrons. The number of allylic oxidation sites excluding steroid dienone is 2. The van der Waals surface area contributed by atoms with E-state index >= 15 is 0 Å². The molecule has 1 heterocycles. The van der Waals surface area contributed by atoms with Gasteiger partial charge in [-0.25, -0.2) is 9.48 Å². The Morgan fingerprint density at radius 3 is 2.02 bits per heavy atom. The molecule has 1 aromatic carbocycles. The van der Waals surface area contributed by atoms with Crippen LogP contribution in [0.1, 0.15) is 143 Å². The van der Waals surface area contributed by atoms with E-state index in [1.807, 2.05) is 13.1 Å². The zero-order valence-electron chi connectivity index (χ0n) is 32.5. The summed E-state index contributed by atoms with van der Waals surface area (Å²) in [5.74, 6) is 0. The summed E-state index contributed by atoms with van der Waals surface area (Å²) in [6.07, 6.45) is 23.8. The van der Waals surface area contributed by atoms with Crippen molar-refractivity contribution in [3.63, 3.8) is 0 Å². The van der Waals surface area contributed by atoms with Gasteiger partial charge in [-0.3, -0.25) is 9.09 Å². The summed E-state index contributed by atoms with van der Waals surface area (Å²) >= 11 is 0. The number of hydrogen-bond donors (Lipinski definition) is 0. The molecule has 1 aromatic heterocycles. The van der Waals surface area contributed by atoms with Crippen molar-refractivity contribution in [3.05, 3.63) is 47.7 Å². The molecule has 290 valence electrons. The molecule has 2 rings (SSSR count). The molecule has 0 aliphatic rings. The van der Waals surface area contributed by atoms with Crippen molar-refractivity contribution in [3.8, 4) is 11.3 Å². The van der Waals surface area contributed by atoms with Gasteiger partial charge < -0.3 is 18.7 Å². The topological polar surface area (TPSA) is 111 Å². The summed E-state index contributed by atoms with van der Waals surface area (Å²) in [7, 11) is -3.62. The fourth-order valence-electron chi connectivity index (χ4n) is 5.62. The Bertz CT molecular complexity index is 1250. The summed E-state index contributed by atoms with van der Waals surface area (Å²) in [5, 5.41) is 8.59. The van der Waals surface area contributed by atoms with E-state index in [0.717, 1.165) is 36.1 Å². The van der Waals surface area contributed by atoms with Crippen LogP contribution in [0.15, 0.2) is 42.1 Å². The van der Waals surface area contributed by atoms with Gasteiger partial charge in [-0.05, 0) is 45.6 Å². The van der Waals surface area contributed by atoms with Gasteiger partial charge >= 0.3 is 13.8 Å². The van der Waals surface area contributed by atoms with Gasteiger partial charge in [0, 0.05) is 18.8 Å². The first-order valence-corrected chi connectivity index (χ1v) is 21.4. The maximum atomic E-state index is 13.6. The van der Waals surface area contributed by atoms with Gasteiger partial charge in [0.25, 0.3) is 0 Å². The standard InChI is InChI=1S/C40H68N3O7P/c1-6-8-9-10-11-12-13-14-15-16-17-18-19-20-28-46-29-21-30-48-51(45,49-34-47-40(44)50-35(3)4)31-27-36(5)32-43-33-39(41-42-43)38-25-23-37(22-7-2)24-26-38/h23-27,33,35H,6-22,28-32,34H2,1-5H3/b36-27+. The monoisotopic (exact) mass is 733 g/mol. The fourth-order valence-corrected chi connectivity index (χ4v) is 7.06. The van der Waals surface area contributed by atoms with Crippen LogP contribution < -0.4 is 0 Å². The van der Waals surface area contributed by atoms with Crippen LogP contribution in [0.4, 0.5) is 4.79 Å². The Hall–Kier alpha value is -2.52. The summed E-state index contributed by atoms with van der Waals surface area (Å²) < 4.78 is 42.3. The number of hydrogen-bond acceptors (Lipinski definition) is 9. The average Bonchev–Trinajstić information content (AvgIpc) is 3.57. The van der Waals surface area contributed by atoms with Gasteiger partial charge in [-0.1, -0.05) is 145 Å². The highest BCUT2D eigenvalue weighted by molar-refractivity contribution is 7.54. The predicted molar refractivity (Wildman–Crippen MR) is 206 cm³/mol. The van der Waals surface area contributed by atoms with Crippen molar-refractivity contribution >= 4 is 13.8 Å². The summed E-state index contributed by atoms with van der Waals surface area (Å²) in [6, 6.07) is 8.38. The van der Waals surface area contributed by atoms with Crippen LogP contribution in [-0.4, -0.2) is 60.0 Å². The minimum Gasteiger partial charge on any atom is -0.432 e. The molecule has 51 heavy (non-hydrogen) atoms. The molecule has 0 N–H and O–H groups in total. The molecule has 0 amide bonds. The van der Waals surface area contributed by atoms with Gasteiger partial charge in [-0.15, -0.1) is 5.10 Å². The number of carbonyl (C=O) groups excluding carboxylic acids is 1. The molecule has 0 fully saturated rings. The molecular weight excluding hydrogens is 665 g/mol. The largest absolute Gasteiger partial charge is 0.510 e. The zero-order chi connectivity index (χ0) is 37.0. The van der Waals surface area contributed by atoms with Gasteiger partial charge in [0.15, 0.2) is 0 Å². The van der Waals surface area contributed by atoms with E-state index in [-0.39, 0.29) is 18.9 Å². The highest BCUT2D eigenvalue weighted by atomic mass is 31.2. The highest BCUT2D eigenvalue weighted by Gasteiger charge is 2.24. The van der Waals surface area contributed by atoms with Crippen molar-refractivity contribution < 1.29 is 32.6 Å². The SMILES string of the molecule is CCCCCCCCCCCCCCCCOCCCOP(=O)(C/C=C(\C)Cn1cc(-c2ccc(CCC)cc2)nn1)OCOC(=O)OC(C)C. The zero-order valence-corrected chi connectivity index (χ0v) is 33.3. The molecule has 1 atom stereocenters. The Kier molecular flexibility index (Phi) is 24.5. The van der Waals surface area contributed by atoms with E-state index in [2.05, 4.69) is 48.4 Å². The molecule has 0 saturated heterocycles. The third kappa shape index (κ3) is 22.2. The molecule has 0 spiro atoms. The minimum atomic E-state index is -3.62. The Labute approximate surface area is 308 Å². The minimum absolute atomic E-state index is 0.0156. The number of ether oxygens (including phenoxy) is 3. The molecule has 10 nitrogen and oxygen atoms in total. The van der Waals surface area contributed by atoms with Crippen molar-refractivity contribution in [1.82, 2.24) is 15.0 Å². The van der Waals surface area contributed by atoms with Crippen LogP contribution in [0.25, 0.3) is 11.3 Å². The lowest BCUT2D eigenvalue weighted by Gasteiger charge is -2.18. The Balaban J connectivity index is 1.68. The Morgan fingerprint density at radius 2 is 1.41 bits per heavy atom. The van der Waals surface area contributed by atoms with E-state index < -0.39 is 20.5 Å². The Morgan fingerprint density at radius 1 is 0.804 bits per heavy atom. The molecule has 0 aliphatic heterocycles. The highest BCUT2D eigenvalue weighted by Crippen LogP contribution is 2.48. The summed E-state index contributed by atoms with van der Waals surface area (Å²) in [6.45, 7) is 11.2. The summed E-state index contributed by atoms with van der Waals surface area (Å²) in [5.41, 5.74) is 4.01. The number of carbonyl (C=O) groups is 1. The lowest BCUT2D eigenvalue weighted by atomic mass is 10.0. The lowest BCUT2D eigenvalue weighted by Crippen LogP contribution is -2.15. The number of benzene rings is 1. The normalized spacial score (nSPS) is 13.1. The molecular formula is C40H68N3O7P. The molecule has 0 saturated carbocycles. The van der Waals surface area contributed by atoms with Gasteiger partial charge in [0.1, 0.15) is 5.69 Å². The molecule has 1 unspecified atom stereocenters. The number of nitrogens with zero attached hydrogens (tertiary/aromatic N) is 3. The first kappa shape index (κ1) is 44.6. The van der Waals surface area contributed by atoms with Crippen LogP contribution in [0, 0.1) is 0 Å². The van der Waals surface area contributed by atoms with Crippen LogP contribution in [0.2, 0.25) is 0 Å². The third-order valence-electron chi connectivity index (χ3n) is 8.52. The number of aryl methyl sites for hydroxylation is 1. The first-order chi connectivity index (χ1) is 24.7. The van der Waals surface area contributed by atoms with Crippen molar-refractivity contribution in [2.24, 2.45) is 0 Å². The second-order valence-electron chi connectivity index (χ2n) is 13.8. The average molecular weight is 734 g/mol. The van der Waals surface area contributed by atoms with Crippen LogP contribution >= 0.6 is 7.60 Å². The quantitative estimate of drug-likeness (QED) is 0.0246. The predicted octanol–water partition coefficient (Wildman–Crippen LogP) is 11.5. The number of rotatable bonds is 31. The van der Waals surface area contributed by atoms with Crippen molar-refractivity contribution in [2.45, 2.75) is 156 Å². The molecule has 0 aliphatic carbocycles. The smallest absolute Gasteiger partial charge is 0.432 e. The van der Waals surface area contributed by atoms with Gasteiger partial charge in [0.2, 0.25) is 6.79 Å². The maximum Gasteiger partial charge on any atom is 0.510 e. The van der Waals surface area contributed by atoms with Crippen molar-refractivity contribution in [1.29, 1.82) is 0 Å². The van der Waals surface area contributed by atoms with Gasteiger partial charge in [-0.2, -0.15) is 0 Å². The fraction of sp³-hybridized carbons (Fsp3) is 0.725. The second kappa shape index (κ2) is 28.0. The maximum absolute atomic E-state index is 13.6. The van der Waals surface area contributed by atoms with E-state index in [1.54, 1.807) is 24.6 Å². The van der Waals surface area contributed by atoms with Crippen LogP contribution in [0.5, 0.6) is 0 Å². The molecule has 11 heteroatoms. The second-order valence-corrected chi connectivity index (χ2v) is 15.9.